The van der Waals surface area contributed by atoms with Crippen LogP contribution in [-0.2, 0) is 9.53 Å². The molecule has 3 unspecified atom stereocenters. The van der Waals surface area contributed by atoms with E-state index in [1.165, 1.54) is 0 Å². The predicted octanol–water partition coefficient (Wildman–Crippen LogP) is 2.30. The van der Waals surface area contributed by atoms with Gasteiger partial charge in [-0.05, 0) is 40.4 Å². The van der Waals surface area contributed by atoms with Crippen molar-refractivity contribution in [3.05, 3.63) is 22.2 Å². The summed E-state index contributed by atoms with van der Waals surface area (Å²) in [5.41, 5.74) is 2.35. The van der Waals surface area contributed by atoms with Crippen molar-refractivity contribution >= 4 is 33.2 Å². The molecule has 6 heteroatoms. The lowest BCUT2D eigenvalue weighted by atomic mass is 9.95. The first kappa shape index (κ1) is 14.8. The molecule has 1 aromatic carbocycles. The molecule has 1 saturated heterocycles. The zero-order valence-electron chi connectivity index (χ0n) is 12.1. The van der Waals surface area contributed by atoms with Crippen LogP contribution in [0.2, 0.25) is 0 Å². The third kappa shape index (κ3) is 2.56. The van der Waals surface area contributed by atoms with E-state index in [4.69, 9.17) is 4.74 Å². The highest BCUT2D eigenvalue weighted by atomic mass is 79.9. The molecular formula is C15H19BrN2O3. The Labute approximate surface area is 132 Å². The Morgan fingerprint density at radius 3 is 2.95 bits per heavy atom. The SMILES string of the molecule is COC1CN(c2cc3c(cc2Br)C(O)C(=O)N3)CCC1C. The molecule has 2 heterocycles. The van der Waals surface area contributed by atoms with Gasteiger partial charge in [0.05, 0.1) is 11.8 Å². The zero-order chi connectivity index (χ0) is 15.1. The van der Waals surface area contributed by atoms with Crippen LogP contribution in [0.3, 0.4) is 0 Å². The Morgan fingerprint density at radius 1 is 1.48 bits per heavy atom. The Morgan fingerprint density at radius 2 is 2.24 bits per heavy atom. The van der Waals surface area contributed by atoms with Gasteiger partial charge in [0.1, 0.15) is 0 Å². The maximum absolute atomic E-state index is 11.6. The normalized spacial score (nSPS) is 28.5. The van der Waals surface area contributed by atoms with Crippen LogP contribution in [0.4, 0.5) is 11.4 Å². The molecule has 3 atom stereocenters. The van der Waals surface area contributed by atoms with E-state index in [9.17, 15) is 9.90 Å². The van der Waals surface area contributed by atoms with E-state index in [2.05, 4.69) is 33.1 Å². The van der Waals surface area contributed by atoms with Gasteiger partial charge in [-0.15, -0.1) is 0 Å². The van der Waals surface area contributed by atoms with Crippen LogP contribution in [0.1, 0.15) is 25.0 Å². The highest BCUT2D eigenvalue weighted by molar-refractivity contribution is 9.10. The van der Waals surface area contributed by atoms with Crippen molar-refractivity contribution in [1.29, 1.82) is 0 Å². The number of carbonyl (C=O) groups is 1. The number of nitrogens with one attached hydrogen (secondary N) is 1. The van der Waals surface area contributed by atoms with Crippen molar-refractivity contribution in [1.82, 2.24) is 0 Å². The smallest absolute Gasteiger partial charge is 0.257 e. The monoisotopic (exact) mass is 354 g/mol. The van der Waals surface area contributed by atoms with Crippen LogP contribution in [0.25, 0.3) is 0 Å². The molecule has 114 valence electrons. The first-order chi connectivity index (χ1) is 10.0. The molecule has 0 saturated carbocycles. The molecule has 21 heavy (non-hydrogen) atoms. The van der Waals surface area contributed by atoms with Crippen LogP contribution >= 0.6 is 15.9 Å². The van der Waals surface area contributed by atoms with Crippen LogP contribution in [0.15, 0.2) is 16.6 Å². The van der Waals surface area contributed by atoms with Gasteiger partial charge in [0.25, 0.3) is 5.91 Å². The van der Waals surface area contributed by atoms with E-state index < -0.39 is 6.10 Å². The Bertz CT molecular complexity index is 578. The summed E-state index contributed by atoms with van der Waals surface area (Å²) < 4.78 is 6.45. The van der Waals surface area contributed by atoms with Gasteiger partial charge >= 0.3 is 0 Å². The van der Waals surface area contributed by atoms with Crippen LogP contribution in [0.5, 0.6) is 0 Å². The molecule has 0 radical (unpaired) electrons. The molecule has 2 N–H and O–H groups in total. The van der Waals surface area contributed by atoms with E-state index in [0.717, 1.165) is 29.7 Å². The summed E-state index contributed by atoms with van der Waals surface area (Å²) in [6, 6.07) is 3.75. The van der Waals surface area contributed by atoms with Crippen LogP contribution in [0, 0.1) is 5.92 Å². The zero-order valence-corrected chi connectivity index (χ0v) is 13.7. The Hall–Kier alpha value is -1.11. The number of rotatable bonds is 2. The third-order valence-corrected chi connectivity index (χ3v) is 5.09. The highest BCUT2D eigenvalue weighted by Crippen LogP contribution is 2.40. The van der Waals surface area contributed by atoms with Crippen molar-refractivity contribution in [2.45, 2.75) is 25.6 Å². The first-order valence-electron chi connectivity index (χ1n) is 7.11. The first-order valence-corrected chi connectivity index (χ1v) is 7.90. The van der Waals surface area contributed by atoms with Gasteiger partial charge in [-0.1, -0.05) is 6.92 Å². The highest BCUT2D eigenvalue weighted by Gasteiger charge is 2.32. The van der Waals surface area contributed by atoms with Crippen molar-refractivity contribution < 1.29 is 14.6 Å². The molecule has 0 bridgehead atoms. The second-order valence-corrected chi connectivity index (χ2v) is 6.62. The largest absolute Gasteiger partial charge is 0.379 e. The quantitative estimate of drug-likeness (QED) is 0.855. The van der Waals surface area contributed by atoms with Gasteiger partial charge in [-0.2, -0.15) is 0 Å². The van der Waals surface area contributed by atoms with Crippen molar-refractivity contribution in [2.75, 3.05) is 30.4 Å². The maximum atomic E-state index is 11.6. The molecule has 0 spiro atoms. The minimum absolute atomic E-state index is 0.207. The second-order valence-electron chi connectivity index (χ2n) is 5.77. The summed E-state index contributed by atoms with van der Waals surface area (Å²) in [4.78, 5) is 13.8. The van der Waals surface area contributed by atoms with Gasteiger partial charge in [0.15, 0.2) is 6.10 Å². The number of fused-ring (bicyclic) bond motifs is 1. The number of hydrogen-bond donors (Lipinski definition) is 2. The Kier molecular flexibility index (Phi) is 3.94. The third-order valence-electron chi connectivity index (χ3n) is 4.45. The lowest BCUT2D eigenvalue weighted by molar-refractivity contribution is -0.123. The van der Waals surface area contributed by atoms with Gasteiger partial charge in [0, 0.05) is 35.9 Å². The average Bonchev–Trinajstić information content (AvgIpc) is 2.74. The Balaban J connectivity index is 1.90. The number of aliphatic hydroxyl groups excluding tert-OH is 1. The topological polar surface area (TPSA) is 61.8 Å². The number of methoxy groups -OCH3 is 1. The standard InChI is InChI=1S/C15H19BrN2O3/c1-8-3-4-18(7-13(8)21-2)12-6-11-9(5-10(12)16)14(19)15(20)17-11/h5-6,8,13-14,19H,3-4,7H2,1-2H3,(H,17,20). The summed E-state index contributed by atoms with van der Waals surface area (Å²) in [6.07, 6.45) is 0.203. The maximum Gasteiger partial charge on any atom is 0.257 e. The number of benzene rings is 1. The molecule has 0 aliphatic carbocycles. The van der Waals surface area contributed by atoms with Gasteiger partial charge in [-0.25, -0.2) is 0 Å². The van der Waals surface area contributed by atoms with E-state index in [-0.39, 0.29) is 12.0 Å². The molecule has 1 amide bonds. The van der Waals surface area contributed by atoms with Crippen LogP contribution < -0.4 is 10.2 Å². The predicted molar refractivity (Wildman–Crippen MR) is 84.5 cm³/mol. The molecule has 3 rings (SSSR count). The average molecular weight is 355 g/mol. The van der Waals surface area contributed by atoms with Gasteiger partial charge < -0.3 is 20.1 Å². The lowest BCUT2D eigenvalue weighted by Crippen LogP contribution is -2.44. The number of amides is 1. The van der Waals surface area contributed by atoms with Crippen molar-refractivity contribution in [3.63, 3.8) is 0 Å². The summed E-state index contributed by atoms with van der Waals surface area (Å²) in [7, 11) is 1.75. The summed E-state index contributed by atoms with van der Waals surface area (Å²) in [6.45, 7) is 3.99. The fourth-order valence-corrected chi connectivity index (χ4v) is 3.67. The van der Waals surface area contributed by atoms with E-state index in [1.54, 1.807) is 7.11 Å². The van der Waals surface area contributed by atoms with E-state index in [0.29, 0.717) is 17.2 Å². The number of carbonyl (C=O) groups excluding carboxylic acids is 1. The van der Waals surface area contributed by atoms with E-state index in [1.807, 2.05) is 12.1 Å². The number of anilines is 2. The molecule has 2 aliphatic rings. The number of aliphatic hydroxyl groups is 1. The van der Waals surface area contributed by atoms with Crippen molar-refractivity contribution in [3.8, 4) is 0 Å². The van der Waals surface area contributed by atoms with E-state index >= 15 is 0 Å². The molecule has 1 aromatic rings. The molecule has 5 nitrogen and oxygen atoms in total. The van der Waals surface area contributed by atoms with Crippen molar-refractivity contribution in [2.24, 2.45) is 5.92 Å². The molecular weight excluding hydrogens is 336 g/mol. The number of piperidine rings is 1. The minimum atomic E-state index is -1.07. The number of halogens is 1. The molecule has 0 aromatic heterocycles. The van der Waals surface area contributed by atoms with Crippen LogP contribution in [-0.4, -0.2) is 37.3 Å². The number of nitrogens with zero attached hydrogens (tertiary/aromatic N) is 1. The lowest BCUT2D eigenvalue weighted by Gasteiger charge is -2.38. The summed E-state index contributed by atoms with van der Waals surface area (Å²) >= 11 is 3.56. The van der Waals surface area contributed by atoms with Gasteiger partial charge in [0.2, 0.25) is 0 Å². The summed E-state index contributed by atoms with van der Waals surface area (Å²) in [5, 5.41) is 12.5. The summed E-state index contributed by atoms with van der Waals surface area (Å²) in [5.74, 6) is 0.178. The molecule has 1 fully saturated rings. The fraction of sp³-hybridized carbons (Fsp3) is 0.533. The number of ether oxygens (including phenoxy) is 1. The van der Waals surface area contributed by atoms with Gasteiger partial charge in [-0.3, -0.25) is 4.79 Å². The number of hydrogen-bond acceptors (Lipinski definition) is 4. The second kappa shape index (κ2) is 5.59. The fourth-order valence-electron chi connectivity index (χ4n) is 3.06. The molecule has 2 aliphatic heterocycles. The minimum Gasteiger partial charge on any atom is -0.379 e.